The highest BCUT2D eigenvalue weighted by Gasteiger charge is 2.22. The first-order valence-electron chi connectivity index (χ1n) is 7.05. The average molecular weight is 308 g/mol. The predicted octanol–water partition coefficient (Wildman–Crippen LogP) is 0.560. The van der Waals surface area contributed by atoms with E-state index in [9.17, 15) is 4.79 Å². The Bertz CT molecular complexity index is 1020. The zero-order chi connectivity index (χ0) is 16.1. The molecule has 0 aliphatic carbocycles. The van der Waals surface area contributed by atoms with E-state index in [1.807, 2.05) is 19.9 Å². The maximum absolute atomic E-state index is 11.0. The summed E-state index contributed by atoms with van der Waals surface area (Å²) in [5.74, 6) is -0.318. The molecule has 4 heterocycles. The highest BCUT2D eigenvalue weighted by Crippen LogP contribution is 2.26. The molecule has 0 spiro atoms. The molecule has 114 valence electrons. The molecule has 2 aliphatic rings. The molecule has 7 nitrogen and oxygen atoms in total. The monoisotopic (exact) mass is 308 g/mol. The van der Waals surface area contributed by atoms with Crippen LogP contribution in [0.2, 0.25) is 0 Å². The van der Waals surface area contributed by atoms with Crippen molar-refractivity contribution in [2.75, 3.05) is 6.54 Å². The number of aryl methyl sites for hydroxylation is 2. The summed E-state index contributed by atoms with van der Waals surface area (Å²) >= 11 is 0. The lowest BCUT2D eigenvalue weighted by Gasteiger charge is -2.07. The summed E-state index contributed by atoms with van der Waals surface area (Å²) in [4.78, 5) is 23.9. The fraction of sp³-hybridized carbons (Fsp3) is 0.188. The summed E-state index contributed by atoms with van der Waals surface area (Å²) in [6.45, 7) is 4.03. The first-order chi connectivity index (χ1) is 11.0. The maximum Gasteiger partial charge on any atom is 0.354 e. The number of carboxylic acids is 1. The Morgan fingerprint density at radius 2 is 2.17 bits per heavy atom. The Morgan fingerprint density at radius 3 is 2.87 bits per heavy atom. The van der Waals surface area contributed by atoms with E-state index in [2.05, 4.69) is 20.1 Å². The van der Waals surface area contributed by atoms with Crippen LogP contribution >= 0.6 is 0 Å². The summed E-state index contributed by atoms with van der Waals surface area (Å²) in [6, 6.07) is 1.98. The van der Waals surface area contributed by atoms with Gasteiger partial charge in [-0.2, -0.15) is 0 Å². The average Bonchev–Trinajstić information content (AvgIpc) is 3.06. The third-order valence-electron chi connectivity index (χ3n) is 3.95. The molecule has 0 unspecified atom stereocenters. The lowest BCUT2D eigenvalue weighted by atomic mass is 10.0. The second-order valence-electron chi connectivity index (χ2n) is 5.42. The van der Waals surface area contributed by atoms with Gasteiger partial charge in [0, 0.05) is 28.1 Å². The molecule has 23 heavy (non-hydrogen) atoms. The van der Waals surface area contributed by atoms with Crippen molar-refractivity contribution >= 4 is 17.3 Å². The van der Waals surface area contributed by atoms with Crippen molar-refractivity contribution in [1.82, 2.24) is 10.1 Å². The highest BCUT2D eigenvalue weighted by molar-refractivity contribution is 6.41. The second kappa shape index (κ2) is 4.70. The van der Waals surface area contributed by atoms with Crippen LogP contribution in [0, 0.1) is 13.8 Å². The molecule has 7 heteroatoms. The van der Waals surface area contributed by atoms with Crippen molar-refractivity contribution in [3.8, 4) is 11.1 Å². The van der Waals surface area contributed by atoms with Gasteiger partial charge < -0.3 is 9.63 Å². The van der Waals surface area contributed by atoms with Gasteiger partial charge in [-0.25, -0.2) is 14.8 Å². The highest BCUT2D eigenvalue weighted by atomic mass is 16.5. The van der Waals surface area contributed by atoms with Crippen LogP contribution in [0.1, 0.15) is 11.5 Å². The van der Waals surface area contributed by atoms with Gasteiger partial charge in [0.05, 0.1) is 17.9 Å². The number of rotatable bonds is 2. The number of aliphatic carboxylic acids is 1. The molecule has 2 aromatic heterocycles. The molecular formula is C16H12N4O3. The van der Waals surface area contributed by atoms with E-state index in [4.69, 9.17) is 9.63 Å². The molecule has 4 rings (SSSR count). The van der Waals surface area contributed by atoms with E-state index in [-0.39, 0.29) is 12.3 Å². The Hall–Kier alpha value is -3.09. The van der Waals surface area contributed by atoms with Crippen molar-refractivity contribution in [3.63, 3.8) is 0 Å². The van der Waals surface area contributed by atoms with Crippen molar-refractivity contribution < 1.29 is 14.4 Å². The fourth-order valence-corrected chi connectivity index (χ4v) is 2.87. The number of aliphatic imine (C=N–C) groups is 1. The number of hydrogen-bond donors (Lipinski definition) is 1. The number of carbonyl (C=O) groups is 1. The summed E-state index contributed by atoms with van der Waals surface area (Å²) in [7, 11) is 0. The van der Waals surface area contributed by atoms with Crippen LogP contribution in [0.4, 0.5) is 0 Å². The van der Waals surface area contributed by atoms with Gasteiger partial charge in [0.15, 0.2) is 5.49 Å². The number of dihydropyridines is 1. The van der Waals surface area contributed by atoms with E-state index in [0.717, 1.165) is 33.4 Å². The third-order valence-corrected chi connectivity index (χ3v) is 3.95. The predicted molar refractivity (Wildman–Crippen MR) is 81.4 cm³/mol. The van der Waals surface area contributed by atoms with Gasteiger partial charge in [-0.1, -0.05) is 5.16 Å². The number of pyridine rings is 1. The summed E-state index contributed by atoms with van der Waals surface area (Å²) in [5, 5.41) is 13.9. The Balaban J connectivity index is 1.90. The topological polar surface area (TPSA) is 101 Å². The zero-order valence-electron chi connectivity index (χ0n) is 12.5. The van der Waals surface area contributed by atoms with Gasteiger partial charge in [-0.05, 0) is 26.0 Å². The van der Waals surface area contributed by atoms with Crippen molar-refractivity contribution in [2.45, 2.75) is 13.8 Å². The van der Waals surface area contributed by atoms with Crippen LogP contribution in [0.3, 0.4) is 0 Å². The SMILES string of the molecule is Cc1noc(C)c1-c1cnc2c(c1)=C1CN=C(C(=O)O)C=C1N=2. The Labute approximate surface area is 130 Å². The number of nitrogens with zero attached hydrogens (tertiary/aromatic N) is 4. The Kier molecular flexibility index (Phi) is 2.77. The van der Waals surface area contributed by atoms with Crippen LogP contribution in [-0.4, -0.2) is 33.5 Å². The minimum atomic E-state index is -1.05. The zero-order valence-corrected chi connectivity index (χ0v) is 12.5. The van der Waals surface area contributed by atoms with Crippen LogP contribution in [0.25, 0.3) is 16.7 Å². The van der Waals surface area contributed by atoms with Gasteiger partial charge in [-0.15, -0.1) is 0 Å². The molecule has 0 fully saturated rings. The van der Waals surface area contributed by atoms with Gasteiger partial charge >= 0.3 is 5.97 Å². The fourth-order valence-electron chi connectivity index (χ4n) is 2.87. The van der Waals surface area contributed by atoms with E-state index >= 15 is 0 Å². The van der Waals surface area contributed by atoms with Crippen molar-refractivity contribution in [2.24, 2.45) is 9.98 Å². The number of carboxylic acid groups (broad SMARTS) is 1. The number of hydrogen-bond acceptors (Lipinski definition) is 6. The minimum Gasteiger partial charge on any atom is -0.477 e. The largest absolute Gasteiger partial charge is 0.477 e. The van der Waals surface area contributed by atoms with Crippen molar-refractivity contribution in [3.05, 3.63) is 46.2 Å². The Morgan fingerprint density at radius 1 is 1.35 bits per heavy atom. The molecule has 0 radical (unpaired) electrons. The molecule has 0 amide bonds. The van der Waals surface area contributed by atoms with Gasteiger partial charge in [0.25, 0.3) is 0 Å². The first kappa shape index (κ1) is 13.6. The molecule has 0 saturated heterocycles. The maximum atomic E-state index is 11.0. The first-order valence-corrected chi connectivity index (χ1v) is 7.05. The second-order valence-corrected chi connectivity index (χ2v) is 5.42. The summed E-state index contributed by atoms with van der Waals surface area (Å²) in [5.41, 5.74) is 4.74. The quantitative estimate of drug-likeness (QED) is 0.873. The van der Waals surface area contributed by atoms with Crippen LogP contribution in [-0.2, 0) is 4.79 Å². The summed E-state index contributed by atoms with van der Waals surface area (Å²) in [6.07, 6.45) is 3.21. The van der Waals surface area contributed by atoms with Gasteiger partial charge in [0.2, 0.25) is 0 Å². The van der Waals surface area contributed by atoms with E-state index < -0.39 is 5.97 Å². The lowest BCUT2D eigenvalue weighted by molar-refractivity contribution is -0.129. The normalized spacial score (nSPS) is 15.5. The minimum absolute atomic E-state index is 0.0197. The molecule has 2 aliphatic heterocycles. The van der Waals surface area contributed by atoms with Gasteiger partial charge in [-0.3, -0.25) is 4.99 Å². The van der Waals surface area contributed by atoms with E-state index in [1.165, 1.54) is 6.08 Å². The number of aromatic nitrogens is 2. The smallest absolute Gasteiger partial charge is 0.354 e. The lowest BCUT2D eigenvalue weighted by Crippen LogP contribution is -2.27. The molecular weight excluding hydrogens is 296 g/mol. The van der Waals surface area contributed by atoms with Crippen LogP contribution in [0.5, 0.6) is 0 Å². The molecule has 0 bridgehead atoms. The summed E-state index contributed by atoms with van der Waals surface area (Å²) < 4.78 is 5.21. The van der Waals surface area contributed by atoms with Gasteiger partial charge in [0.1, 0.15) is 11.5 Å². The van der Waals surface area contributed by atoms with E-state index in [0.29, 0.717) is 11.2 Å². The molecule has 2 aromatic rings. The van der Waals surface area contributed by atoms with E-state index in [1.54, 1.807) is 6.20 Å². The van der Waals surface area contributed by atoms with Crippen LogP contribution in [0.15, 0.2) is 38.5 Å². The molecule has 1 N–H and O–H groups in total. The molecule has 0 aromatic carbocycles. The molecule has 0 atom stereocenters. The standard InChI is InChI=1S/C16H12N4O3/c1-7-14(8(2)23-20-7)9-3-10-11-6-17-13(16(21)22)4-12(11)19-15(10)18-5-9/h3-5H,6H2,1-2H3,(H,21,22). The molecule has 0 saturated carbocycles. The van der Waals surface area contributed by atoms with Crippen molar-refractivity contribution in [1.29, 1.82) is 0 Å². The van der Waals surface area contributed by atoms with Crippen LogP contribution < -0.4 is 10.7 Å². The third kappa shape index (κ3) is 2.01. The number of fused-ring (bicyclic) bond motifs is 2.